The van der Waals surface area contributed by atoms with E-state index in [1.165, 1.54) is 30.3 Å². The van der Waals surface area contributed by atoms with Crippen LogP contribution in [0.1, 0.15) is 5.56 Å². The van der Waals surface area contributed by atoms with Crippen molar-refractivity contribution >= 4 is 22.9 Å². The number of aliphatic hydroxyl groups excluding tert-OH is 4. The number of aliphatic hydroxyl groups is 4. The lowest BCUT2D eigenvalue weighted by atomic mass is 9.97. The van der Waals surface area contributed by atoms with E-state index in [2.05, 4.69) is 5.32 Å². The van der Waals surface area contributed by atoms with Crippen LogP contribution in [0.4, 0.5) is 18.9 Å². The zero-order chi connectivity index (χ0) is 24.3. The van der Waals surface area contributed by atoms with E-state index in [0.29, 0.717) is 0 Å². The second kappa shape index (κ2) is 9.71. The van der Waals surface area contributed by atoms with E-state index in [4.69, 9.17) is 9.52 Å². The van der Waals surface area contributed by atoms with Crippen LogP contribution in [0.15, 0.2) is 57.7 Å². The van der Waals surface area contributed by atoms with Crippen LogP contribution in [0, 0.1) is 0 Å². The molecule has 1 heterocycles. The molecule has 0 fully saturated rings. The van der Waals surface area contributed by atoms with Crippen molar-refractivity contribution in [2.45, 2.75) is 30.5 Å². The first-order chi connectivity index (χ1) is 15.6. The molecule has 8 nitrogen and oxygen atoms in total. The van der Waals surface area contributed by atoms with Crippen molar-refractivity contribution in [2.24, 2.45) is 0 Å². The molecule has 0 aliphatic heterocycles. The van der Waals surface area contributed by atoms with Gasteiger partial charge in [-0.25, -0.2) is 4.79 Å². The minimum Gasteiger partial charge on any atom is -0.422 e. The Morgan fingerprint density at radius 3 is 2.27 bits per heavy atom. The zero-order valence-corrected chi connectivity index (χ0v) is 16.9. The molecular weight excluding hydrogens is 447 g/mol. The summed E-state index contributed by atoms with van der Waals surface area (Å²) in [6.45, 7) is -0.880. The number of anilines is 1. The van der Waals surface area contributed by atoms with Crippen LogP contribution in [0.25, 0.3) is 22.1 Å². The van der Waals surface area contributed by atoms with Gasteiger partial charge in [-0.15, -0.1) is 0 Å². The molecule has 5 N–H and O–H groups in total. The number of fused-ring (bicyclic) bond motifs is 1. The highest BCUT2D eigenvalue weighted by Gasteiger charge is 2.38. The number of hydrogen-bond donors (Lipinski definition) is 5. The van der Waals surface area contributed by atoms with Crippen molar-refractivity contribution in [2.75, 3.05) is 11.9 Å². The van der Waals surface area contributed by atoms with Crippen molar-refractivity contribution in [1.29, 1.82) is 0 Å². The number of carbonyl (C=O) groups excluding carboxylic acids is 1. The molecular formula is C22H20F3NO7. The number of benzene rings is 2. The smallest absolute Gasteiger partial charge is 0.417 e. The van der Waals surface area contributed by atoms with Crippen LogP contribution in [-0.4, -0.2) is 57.7 Å². The first-order valence-electron chi connectivity index (χ1n) is 9.68. The zero-order valence-electron chi connectivity index (χ0n) is 16.9. The highest BCUT2D eigenvalue weighted by atomic mass is 19.4. The van der Waals surface area contributed by atoms with Gasteiger partial charge in [0.1, 0.15) is 36.2 Å². The summed E-state index contributed by atoms with van der Waals surface area (Å²) in [4.78, 5) is 23.9. The average Bonchev–Trinajstić information content (AvgIpc) is 2.79. The molecule has 0 saturated carbocycles. The topological polar surface area (TPSA) is 140 Å². The summed E-state index contributed by atoms with van der Waals surface area (Å²) in [5.41, 5.74) is -3.44. The maximum absolute atomic E-state index is 14.0. The van der Waals surface area contributed by atoms with E-state index in [1.54, 1.807) is 6.07 Å². The van der Waals surface area contributed by atoms with Gasteiger partial charge in [-0.05, 0) is 17.7 Å². The number of alkyl halides is 3. The van der Waals surface area contributed by atoms with E-state index in [9.17, 15) is 38.1 Å². The van der Waals surface area contributed by atoms with Gasteiger partial charge in [0.05, 0.1) is 17.7 Å². The molecule has 2 aromatic carbocycles. The van der Waals surface area contributed by atoms with E-state index < -0.39 is 64.9 Å². The Kier molecular flexibility index (Phi) is 7.18. The highest BCUT2D eigenvalue weighted by Crippen LogP contribution is 2.40. The van der Waals surface area contributed by atoms with Crippen LogP contribution in [0.3, 0.4) is 0 Å². The second-order valence-corrected chi connectivity index (χ2v) is 7.25. The molecule has 0 amide bonds. The minimum atomic E-state index is -4.89. The standard InChI is InChI=1S/C22H20F3NO7/c23-22(24,25)18-13-7-6-12(26-14(9-27)19(30)20(31)15(29)10-28)8-16(13)33-21(32)17(18)11-4-2-1-3-5-11/h1-9,14-15,19-20,26,28-31H,10H2/t14-,15+,19+,20+/m0/s1. The molecule has 0 saturated heterocycles. The maximum atomic E-state index is 14.0. The van der Waals surface area contributed by atoms with Crippen molar-refractivity contribution < 1.29 is 42.8 Å². The lowest BCUT2D eigenvalue weighted by molar-refractivity contribution is -0.136. The molecule has 1 aromatic heterocycles. The average molecular weight is 467 g/mol. The Hall–Kier alpha value is -3.25. The van der Waals surface area contributed by atoms with Gasteiger partial charge in [-0.2, -0.15) is 13.2 Å². The van der Waals surface area contributed by atoms with Crippen LogP contribution < -0.4 is 10.9 Å². The summed E-state index contributed by atoms with van der Waals surface area (Å²) < 4.78 is 47.0. The van der Waals surface area contributed by atoms with Crippen molar-refractivity contribution in [3.05, 3.63) is 64.5 Å². The molecule has 3 rings (SSSR count). The number of aldehydes is 1. The Labute approximate surface area is 184 Å². The Bertz CT molecular complexity index is 1180. The van der Waals surface area contributed by atoms with E-state index in [-0.39, 0.29) is 17.5 Å². The molecule has 0 radical (unpaired) electrons. The molecule has 0 spiro atoms. The Morgan fingerprint density at radius 1 is 1.03 bits per heavy atom. The summed E-state index contributed by atoms with van der Waals surface area (Å²) >= 11 is 0. The highest BCUT2D eigenvalue weighted by molar-refractivity contribution is 5.90. The number of nitrogens with one attached hydrogen (secondary N) is 1. The molecule has 0 aliphatic carbocycles. The predicted octanol–water partition coefficient (Wildman–Crippen LogP) is 1.53. The SMILES string of the molecule is O=C[C@H](Nc1ccc2c(C(F)(F)F)c(-c3ccccc3)c(=O)oc2c1)[C@@H](O)[C@H](O)[C@H](O)CO. The van der Waals surface area contributed by atoms with Gasteiger partial charge >= 0.3 is 11.8 Å². The molecule has 33 heavy (non-hydrogen) atoms. The van der Waals surface area contributed by atoms with Crippen molar-refractivity contribution in [1.82, 2.24) is 0 Å². The number of rotatable bonds is 8. The van der Waals surface area contributed by atoms with Crippen LogP contribution in [0.5, 0.6) is 0 Å². The third-order valence-electron chi connectivity index (χ3n) is 5.03. The van der Waals surface area contributed by atoms with Crippen LogP contribution in [-0.2, 0) is 11.0 Å². The second-order valence-electron chi connectivity index (χ2n) is 7.25. The molecule has 176 valence electrons. The summed E-state index contributed by atoms with van der Waals surface area (Å²) in [6, 6.07) is 9.02. The summed E-state index contributed by atoms with van der Waals surface area (Å²) in [5.74, 6) is 0. The summed E-state index contributed by atoms with van der Waals surface area (Å²) in [7, 11) is 0. The lowest BCUT2D eigenvalue weighted by Crippen LogP contribution is -2.49. The normalized spacial score (nSPS) is 15.6. The van der Waals surface area contributed by atoms with E-state index in [0.717, 1.165) is 12.1 Å². The van der Waals surface area contributed by atoms with Gasteiger partial charge < -0.3 is 35.0 Å². The number of carbonyl (C=O) groups is 1. The van der Waals surface area contributed by atoms with Crippen LogP contribution in [0.2, 0.25) is 0 Å². The van der Waals surface area contributed by atoms with Crippen molar-refractivity contribution in [3.63, 3.8) is 0 Å². The third kappa shape index (κ3) is 5.06. The fourth-order valence-corrected chi connectivity index (χ4v) is 3.39. The molecule has 4 atom stereocenters. The summed E-state index contributed by atoms with van der Waals surface area (Å²) in [6.07, 6.45) is -10.2. The minimum absolute atomic E-state index is 0.00641. The number of halogens is 3. The molecule has 3 aromatic rings. The summed E-state index contributed by atoms with van der Waals surface area (Å²) in [5, 5.41) is 40.3. The van der Waals surface area contributed by atoms with Gasteiger partial charge in [0.25, 0.3) is 0 Å². The molecule has 0 unspecified atom stereocenters. The Balaban J connectivity index is 2.07. The van der Waals surface area contributed by atoms with Gasteiger partial charge in [0.15, 0.2) is 0 Å². The van der Waals surface area contributed by atoms with E-state index >= 15 is 0 Å². The van der Waals surface area contributed by atoms with Gasteiger partial charge in [0, 0.05) is 17.1 Å². The lowest BCUT2D eigenvalue weighted by Gasteiger charge is -2.27. The Morgan fingerprint density at radius 2 is 1.70 bits per heavy atom. The monoisotopic (exact) mass is 467 g/mol. The predicted molar refractivity (Wildman–Crippen MR) is 112 cm³/mol. The fourth-order valence-electron chi connectivity index (χ4n) is 3.39. The van der Waals surface area contributed by atoms with Gasteiger partial charge in [-0.3, -0.25) is 0 Å². The largest absolute Gasteiger partial charge is 0.422 e. The van der Waals surface area contributed by atoms with Crippen LogP contribution >= 0.6 is 0 Å². The quantitative estimate of drug-likeness (QED) is 0.248. The van der Waals surface area contributed by atoms with Crippen molar-refractivity contribution in [3.8, 4) is 11.1 Å². The van der Waals surface area contributed by atoms with E-state index in [1.807, 2.05) is 0 Å². The number of hydrogen-bond acceptors (Lipinski definition) is 8. The fraction of sp³-hybridized carbons (Fsp3) is 0.273. The third-order valence-corrected chi connectivity index (χ3v) is 5.03. The van der Waals surface area contributed by atoms with Gasteiger partial charge in [-0.1, -0.05) is 30.3 Å². The maximum Gasteiger partial charge on any atom is 0.417 e. The van der Waals surface area contributed by atoms with Gasteiger partial charge in [0.2, 0.25) is 0 Å². The molecule has 0 bridgehead atoms. The first-order valence-corrected chi connectivity index (χ1v) is 9.68. The molecule has 0 aliphatic rings. The molecule has 11 heteroatoms. The first kappa shape index (κ1) is 24.4.